The maximum absolute atomic E-state index is 2.53. The smallest absolute Gasteiger partial charge is 0.0701 e. The number of rotatable bonds is 12. The highest BCUT2D eigenvalue weighted by Crippen LogP contribution is 2.30. The molecule has 0 unspecified atom stereocenters. The van der Waals surface area contributed by atoms with Crippen LogP contribution in [0.3, 0.4) is 0 Å². The Kier molecular flexibility index (Phi) is 10.4. The standard InChI is InChI=1S/C26H38N4.ClH/c1-5-27(6-2)18-20-29(21-19-28(7-3)8-4)30-22-25(23-14-10-9-11-15-23)24-16-12-13-17-26(24)30;/h9-17,22H,5-8,18-21H2,1-4H3;1H. The Balaban J connectivity index is 0.00000341. The molecule has 0 aliphatic heterocycles. The van der Waals surface area contributed by atoms with E-state index in [1.54, 1.807) is 0 Å². The fraction of sp³-hybridized carbons (Fsp3) is 0.462. The van der Waals surface area contributed by atoms with Gasteiger partial charge in [-0.3, -0.25) is 4.68 Å². The molecule has 0 aliphatic rings. The fourth-order valence-electron chi connectivity index (χ4n) is 4.16. The van der Waals surface area contributed by atoms with Crippen molar-refractivity contribution in [3.05, 3.63) is 60.8 Å². The van der Waals surface area contributed by atoms with Crippen LogP contribution in [-0.2, 0) is 0 Å². The number of benzene rings is 2. The van der Waals surface area contributed by atoms with Gasteiger partial charge in [0.1, 0.15) is 0 Å². The van der Waals surface area contributed by atoms with E-state index in [1.165, 1.54) is 22.0 Å². The molecular formula is C26H39ClN4. The number of nitrogens with zero attached hydrogens (tertiary/aromatic N) is 4. The highest BCUT2D eigenvalue weighted by atomic mass is 35.5. The van der Waals surface area contributed by atoms with Gasteiger partial charge in [-0.25, -0.2) is 0 Å². The van der Waals surface area contributed by atoms with Gasteiger partial charge in [0.15, 0.2) is 0 Å². The summed E-state index contributed by atoms with van der Waals surface area (Å²) in [6.07, 6.45) is 2.34. The summed E-state index contributed by atoms with van der Waals surface area (Å²) < 4.78 is 2.41. The molecule has 0 bridgehead atoms. The third-order valence-electron chi connectivity index (χ3n) is 6.22. The third kappa shape index (κ3) is 6.25. The summed E-state index contributed by atoms with van der Waals surface area (Å²) in [6, 6.07) is 19.6. The average molecular weight is 443 g/mol. The quantitative estimate of drug-likeness (QED) is 0.375. The molecule has 31 heavy (non-hydrogen) atoms. The molecule has 4 nitrogen and oxygen atoms in total. The lowest BCUT2D eigenvalue weighted by Crippen LogP contribution is -2.45. The predicted octanol–water partition coefficient (Wildman–Crippen LogP) is 5.35. The monoisotopic (exact) mass is 442 g/mol. The van der Waals surface area contributed by atoms with Crippen LogP contribution in [0.15, 0.2) is 60.8 Å². The van der Waals surface area contributed by atoms with E-state index in [1.807, 2.05) is 0 Å². The number of likely N-dealkylation sites (N-methyl/N-ethyl adjacent to an activating group) is 2. The fourth-order valence-corrected chi connectivity index (χ4v) is 4.16. The van der Waals surface area contributed by atoms with Crippen molar-refractivity contribution >= 4 is 23.3 Å². The van der Waals surface area contributed by atoms with Crippen molar-refractivity contribution in [3.63, 3.8) is 0 Å². The molecule has 1 aromatic heterocycles. The predicted molar refractivity (Wildman–Crippen MR) is 138 cm³/mol. The van der Waals surface area contributed by atoms with Crippen molar-refractivity contribution in [3.8, 4) is 11.1 Å². The summed E-state index contributed by atoms with van der Waals surface area (Å²) >= 11 is 0. The Morgan fingerprint density at radius 3 is 1.71 bits per heavy atom. The Labute approximate surface area is 194 Å². The second-order valence-corrected chi connectivity index (χ2v) is 7.78. The SMILES string of the molecule is CCN(CC)CCN(CCN(CC)CC)n1cc(-c2ccccc2)c2ccccc21.Cl. The van der Waals surface area contributed by atoms with E-state index in [0.29, 0.717) is 0 Å². The van der Waals surface area contributed by atoms with Gasteiger partial charge in [0.2, 0.25) is 0 Å². The van der Waals surface area contributed by atoms with Gasteiger partial charge in [-0.2, -0.15) is 0 Å². The molecule has 3 aromatic rings. The first kappa shape index (κ1) is 25.3. The zero-order chi connectivity index (χ0) is 21.3. The van der Waals surface area contributed by atoms with Gasteiger partial charge in [-0.1, -0.05) is 76.2 Å². The molecule has 0 fully saturated rings. The number of aromatic nitrogens is 1. The van der Waals surface area contributed by atoms with E-state index in [-0.39, 0.29) is 12.4 Å². The molecule has 1 heterocycles. The zero-order valence-corrected chi connectivity index (χ0v) is 20.4. The van der Waals surface area contributed by atoms with Gasteiger partial charge in [-0.15, -0.1) is 12.4 Å². The minimum absolute atomic E-state index is 0. The molecule has 0 spiro atoms. The van der Waals surface area contributed by atoms with Crippen molar-refractivity contribution in [2.75, 3.05) is 57.4 Å². The maximum atomic E-state index is 2.53. The number of hydrogen-bond acceptors (Lipinski definition) is 3. The summed E-state index contributed by atoms with van der Waals surface area (Å²) in [5.41, 5.74) is 3.87. The Morgan fingerprint density at radius 1 is 0.645 bits per heavy atom. The first-order chi connectivity index (χ1) is 14.7. The summed E-state index contributed by atoms with van der Waals surface area (Å²) in [5, 5.41) is 3.85. The van der Waals surface area contributed by atoms with Crippen molar-refractivity contribution in [2.24, 2.45) is 0 Å². The van der Waals surface area contributed by atoms with Gasteiger partial charge in [-0.05, 0) is 37.8 Å². The number of halogens is 1. The summed E-state index contributed by atoms with van der Waals surface area (Å²) in [7, 11) is 0. The topological polar surface area (TPSA) is 14.7 Å². The summed E-state index contributed by atoms with van der Waals surface area (Å²) in [4.78, 5) is 5.02. The minimum Gasteiger partial charge on any atom is -0.310 e. The molecule has 2 aromatic carbocycles. The van der Waals surface area contributed by atoms with Crippen LogP contribution in [0.1, 0.15) is 27.7 Å². The highest BCUT2D eigenvalue weighted by molar-refractivity contribution is 5.96. The molecule has 3 rings (SSSR count). The number of hydrogen-bond donors (Lipinski definition) is 0. The van der Waals surface area contributed by atoms with Crippen LogP contribution in [0.5, 0.6) is 0 Å². The van der Waals surface area contributed by atoms with E-state index in [2.05, 4.69) is 108 Å². The Hall–Kier alpha value is -2.01. The van der Waals surface area contributed by atoms with Crippen LogP contribution in [0.25, 0.3) is 22.0 Å². The largest absolute Gasteiger partial charge is 0.310 e. The first-order valence-electron chi connectivity index (χ1n) is 11.6. The van der Waals surface area contributed by atoms with E-state index in [0.717, 1.165) is 52.4 Å². The van der Waals surface area contributed by atoms with Crippen molar-refractivity contribution in [1.29, 1.82) is 0 Å². The maximum Gasteiger partial charge on any atom is 0.0701 e. The lowest BCUT2D eigenvalue weighted by atomic mass is 10.1. The van der Waals surface area contributed by atoms with Crippen molar-refractivity contribution in [2.45, 2.75) is 27.7 Å². The Bertz CT molecular complexity index is 869. The molecule has 0 aliphatic carbocycles. The number of fused-ring (bicyclic) bond motifs is 1. The van der Waals surface area contributed by atoms with Crippen LogP contribution in [0.2, 0.25) is 0 Å². The van der Waals surface area contributed by atoms with Crippen LogP contribution in [0.4, 0.5) is 0 Å². The molecule has 0 saturated carbocycles. The normalized spacial score (nSPS) is 11.3. The van der Waals surface area contributed by atoms with Gasteiger partial charge in [0.05, 0.1) is 5.52 Å². The molecule has 170 valence electrons. The van der Waals surface area contributed by atoms with E-state index < -0.39 is 0 Å². The van der Waals surface area contributed by atoms with E-state index in [4.69, 9.17) is 0 Å². The van der Waals surface area contributed by atoms with Crippen LogP contribution in [0, 0.1) is 0 Å². The summed E-state index contributed by atoms with van der Waals surface area (Å²) in [6.45, 7) is 17.6. The van der Waals surface area contributed by atoms with Crippen LogP contribution in [-0.4, -0.2) is 66.8 Å². The van der Waals surface area contributed by atoms with E-state index >= 15 is 0 Å². The van der Waals surface area contributed by atoms with Crippen LogP contribution >= 0.6 is 12.4 Å². The second-order valence-electron chi connectivity index (χ2n) is 7.78. The zero-order valence-electron chi connectivity index (χ0n) is 19.6. The van der Waals surface area contributed by atoms with Crippen LogP contribution < -0.4 is 5.01 Å². The lowest BCUT2D eigenvalue weighted by Gasteiger charge is -2.31. The molecule has 0 atom stereocenters. The molecule has 0 N–H and O–H groups in total. The first-order valence-corrected chi connectivity index (χ1v) is 11.6. The van der Waals surface area contributed by atoms with Crippen molar-refractivity contribution < 1.29 is 0 Å². The molecule has 0 amide bonds. The third-order valence-corrected chi connectivity index (χ3v) is 6.22. The highest BCUT2D eigenvalue weighted by Gasteiger charge is 2.16. The minimum atomic E-state index is 0. The Morgan fingerprint density at radius 2 is 1.16 bits per heavy atom. The van der Waals surface area contributed by atoms with E-state index in [9.17, 15) is 0 Å². The van der Waals surface area contributed by atoms with Crippen molar-refractivity contribution in [1.82, 2.24) is 14.5 Å². The van der Waals surface area contributed by atoms with Gasteiger partial charge in [0, 0.05) is 43.3 Å². The average Bonchev–Trinajstić information content (AvgIpc) is 3.19. The second kappa shape index (κ2) is 12.7. The van der Waals surface area contributed by atoms with Gasteiger partial charge < -0.3 is 14.8 Å². The lowest BCUT2D eigenvalue weighted by molar-refractivity contribution is 0.282. The summed E-state index contributed by atoms with van der Waals surface area (Å²) in [5.74, 6) is 0. The van der Waals surface area contributed by atoms with Gasteiger partial charge in [0.25, 0.3) is 0 Å². The van der Waals surface area contributed by atoms with Gasteiger partial charge >= 0.3 is 0 Å². The molecule has 0 radical (unpaired) electrons. The molecule has 5 heteroatoms. The number of para-hydroxylation sites is 1. The molecule has 0 saturated heterocycles. The molecular weight excluding hydrogens is 404 g/mol.